The molecule has 1 rings (SSSR count). The van der Waals surface area contributed by atoms with Gasteiger partial charge in [0.25, 0.3) is 0 Å². The quantitative estimate of drug-likeness (QED) is 0.745. The number of aromatic amines is 1. The Bertz CT molecular complexity index is 341. The van der Waals surface area contributed by atoms with Crippen LogP contribution in [0.5, 0.6) is 0 Å². The average molecular weight is 198 g/mol. The van der Waals surface area contributed by atoms with Crippen LogP contribution in [0, 0.1) is 5.92 Å². The van der Waals surface area contributed by atoms with E-state index in [-0.39, 0.29) is 11.7 Å². The Balaban J connectivity index is 3.00. The monoisotopic (exact) mass is 198 g/mol. The van der Waals surface area contributed by atoms with E-state index in [0.717, 1.165) is 6.42 Å². The van der Waals surface area contributed by atoms with Gasteiger partial charge in [0.2, 0.25) is 0 Å². The minimum Gasteiger partial charge on any atom is -0.321 e. The summed E-state index contributed by atoms with van der Waals surface area (Å²) in [5.41, 5.74) is 5.82. The Hall–Kier alpha value is -1.10. The molecule has 0 radical (unpaired) electrons. The summed E-state index contributed by atoms with van der Waals surface area (Å²) < 4.78 is 1.58. The molecule has 0 aromatic carbocycles. The average Bonchev–Trinajstić information content (AvgIpc) is 2.57. The maximum absolute atomic E-state index is 11.3. The molecule has 1 aromatic heterocycles. The second kappa shape index (κ2) is 4.41. The van der Waals surface area contributed by atoms with Crippen LogP contribution in [-0.2, 0) is 6.54 Å². The fourth-order valence-electron chi connectivity index (χ4n) is 1.40. The van der Waals surface area contributed by atoms with E-state index in [1.807, 2.05) is 6.92 Å². The van der Waals surface area contributed by atoms with Crippen molar-refractivity contribution in [2.45, 2.75) is 39.8 Å². The summed E-state index contributed by atoms with van der Waals surface area (Å²) in [4.78, 5) is 11.3. The van der Waals surface area contributed by atoms with Gasteiger partial charge in [0.15, 0.2) is 5.82 Å². The molecule has 14 heavy (non-hydrogen) atoms. The van der Waals surface area contributed by atoms with Crippen LogP contribution in [-0.4, -0.2) is 14.8 Å². The van der Waals surface area contributed by atoms with Crippen LogP contribution in [0.4, 0.5) is 0 Å². The molecule has 0 aliphatic heterocycles. The normalized spacial score (nSPS) is 15.4. The van der Waals surface area contributed by atoms with Crippen molar-refractivity contribution in [2.24, 2.45) is 11.7 Å². The van der Waals surface area contributed by atoms with Gasteiger partial charge in [-0.15, -0.1) is 0 Å². The summed E-state index contributed by atoms with van der Waals surface area (Å²) in [7, 11) is 0. The Morgan fingerprint density at radius 1 is 1.57 bits per heavy atom. The van der Waals surface area contributed by atoms with Gasteiger partial charge in [-0.1, -0.05) is 20.3 Å². The Morgan fingerprint density at radius 2 is 2.21 bits per heavy atom. The lowest BCUT2D eigenvalue weighted by Gasteiger charge is -2.17. The molecular formula is C9H18N4O. The molecule has 0 aliphatic rings. The molecule has 3 N–H and O–H groups in total. The third-order valence-corrected chi connectivity index (χ3v) is 2.66. The van der Waals surface area contributed by atoms with Gasteiger partial charge in [-0.05, 0) is 12.8 Å². The highest BCUT2D eigenvalue weighted by molar-refractivity contribution is 4.95. The van der Waals surface area contributed by atoms with Crippen LogP contribution >= 0.6 is 0 Å². The molecule has 0 amide bonds. The predicted octanol–water partition coefficient (Wildman–Crippen LogP) is 0.637. The summed E-state index contributed by atoms with van der Waals surface area (Å²) in [5.74, 6) is 0.988. The molecule has 0 fully saturated rings. The van der Waals surface area contributed by atoms with E-state index < -0.39 is 0 Å². The first kappa shape index (κ1) is 11.0. The predicted molar refractivity (Wildman–Crippen MR) is 54.9 cm³/mol. The summed E-state index contributed by atoms with van der Waals surface area (Å²) in [6, 6.07) is -0.168. The molecule has 0 spiro atoms. The van der Waals surface area contributed by atoms with Crippen molar-refractivity contribution >= 4 is 0 Å². The first-order valence-corrected chi connectivity index (χ1v) is 5.02. The third kappa shape index (κ3) is 1.87. The first-order valence-electron chi connectivity index (χ1n) is 5.02. The lowest BCUT2D eigenvalue weighted by atomic mass is 9.99. The highest BCUT2D eigenvalue weighted by Crippen LogP contribution is 2.18. The van der Waals surface area contributed by atoms with Gasteiger partial charge in [-0.3, -0.25) is 4.57 Å². The van der Waals surface area contributed by atoms with E-state index in [2.05, 4.69) is 24.0 Å². The number of H-pyrrole nitrogens is 1. The highest BCUT2D eigenvalue weighted by Gasteiger charge is 2.19. The minimum absolute atomic E-state index is 0.168. The van der Waals surface area contributed by atoms with Crippen molar-refractivity contribution in [1.29, 1.82) is 0 Å². The van der Waals surface area contributed by atoms with Gasteiger partial charge < -0.3 is 5.73 Å². The fourth-order valence-corrected chi connectivity index (χ4v) is 1.40. The molecule has 0 saturated heterocycles. The molecule has 1 heterocycles. The summed E-state index contributed by atoms with van der Waals surface area (Å²) in [5, 5.41) is 6.38. The summed E-state index contributed by atoms with van der Waals surface area (Å²) in [6.07, 6.45) is 0.978. The Kier molecular flexibility index (Phi) is 3.46. The van der Waals surface area contributed by atoms with Crippen molar-refractivity contribution in [3.63, 3.8) is 0 Å². The van der Waals surface area contributed by atoms with Crippen molar-refractivity contribution in [3.8, 4) is 0 Å². The molecular weight excluding hydrogens is 180 g/mol. The number of nitrogens with one attached hydrogen (secondary N) is 1. The van der Waals surface area contributed by atoms with Crippen LogP contribution in [0.2, 0.25) is 0 Å². The molecule has 5 nitrogen and oxygen atoms in total. The lowest BCUT2D eigenvalue weighted by molar-refractivity contribution is 0.423. The highest BCUT2D eigenvalue weighted by atomic mass is 16.1. The van der Waals surface area contributed by atoms with Crippen LogP contribution in [0.15, 0.2) is 4.79 Å². The van der Waals surface area contributed by atoms with Crippen molar-refractivity contribution < 1.29 is 0 Å². The largest absolute Gasteiger partial charge is 0.343 e. The van der Waals surface area contributed by atoms with E-state index in [1.54, 1.807) is 4.57 Å². The number of rotatable bonds is 4. The van der Waals surface area contributed by atoms with E-state index in [4.69, 9.17) is 5.73 Å². The standard InChI is InChI=1S/C9H18N4O/c1-4-6(3)7(10)8-11-12-9(14)13(8)5-2/h6-7H,4-5,10H2,1-3H3,(H,12,14)/t6-,7-/m0/s1. The maximum atomic E-state index is 11.3. The van der Waals surface area contributed by atoms with E-state index in [1.165, 1.54) is 0 Å². The van der Waals surface area contributed by atoms with Crippen LogP contribution in [0.1, 0.15) is 39.1 Å². The molecule has 0 saturated carbocycles. The molecule has 1 aromatic rings. The van der Waals surface area contributed by atoms with Gasteiger partial charge in [0.1, 0.15) is 0 Å². The first-order chi connectivity index (χ1) is 6.61. The zero-order valence-corrected chi connectivity index (χ0v) is 8.95. The molecule has 0 unspecified atom stereocenters. The Labute approximate surface area is 83.3 Å². The fraction of sp³-hybridized carbons (Fsp3) is 0.778. The SMILES string of the molecule is CC[C@H](C)[C@H](N)c1n[nH]c(=O)n1CC. The second-order valence-corrected chi connectivity index (χ2v) is 3.54. The topological polar surface area (TPSA) is 76.7 Å². The van der Waals surface area contributed by atoms with Gasteiger partial charge in [0.05, 0.1) is 6.04 Å². The van der Waals surface area contributed by atoms with Gasteiger partial charge in [0, 0.05) is 6.54 Å². The Morgan fingerprint density at radius 3 is 2.71 bits per heavy atom. The zero-order chi connectivity index (χ0) is 10.7. The number of hydrogen-bond acceptors (Lipinski definition) is 3. The number of hydrogen-bond donors (Lipinski definition) is 2. The van der Waals surface area contributed by atoms with Crippen LogP contribution in [0.25, 0.3) is 0 Å². The van der Waals surface area contributed by atoms with Crippen LogP contribution < -0.4 is 11.4 Å². The second-order valence-electron chi connectivity index (χ2n) is 3.54. The van der Waals surface area contributed by atoms with Crippen molar-refractivity contribution in [3.05, 3.63) is 16.3 Å². The molecule has 80 valence electrons. The smallest absolute Gasteiger partial charge is 0.321 e. The summed E-state index contributed by atoms with van der Waals surface area (Å²) in [6.45, 7) is 6.65. The van der Waals surface area contributed by atoms with Crippen molar-refractivity contribution in [2.75, 3.05) is 0 Å². The van der Waals surface area contributed by atoms with Gasteiger partial charge in [-0.2, -0.15) is 5.10 Å². The molecule has 0 aliphatic carbocycles. The molecule has 0 bridgehead atoms. The number of nitrogens with zero attached hydrogens (tertiary/aromatic N) is 2. The van der Waals surface area contributed by atoms with Crippen molar-refractivity contribution in [1.82, 2.24) is 14.8 Å². The third-order valence-electron chi connectivity index (χ3n) is 2.66. The minimum atomic E-state index is -0.179. The van der Waals surface area contributed by atoms with Gasteiger partial charge >= 0.3 is 5.69 Å². The van der Waals surface area contributed by atoms with E-state index >= 15 is 0 Å². The van der Waals surface area contributed by atoms with E-state index in [9.17, 15) is 4.79 Å². The van der Waals surface area contributed by atoms with Gasteiger partial charge in [-0.25, -0.2) is 9.89 Å². The maximum Gasteiger partial charge on any atom is 0.343 e. The lowest BCUT2D eigenvalue weighted by Crippen LogP contribution is -2.26. The number of nitrogens with two attached hydrogens (primary N) is 1. The van der Waals surface area contributed by atoms with E-state index in [0.29, 0.717) is 18.3 Å². The zero-order valence-electron chi connectivity index (χ0n) is 8.95. The molecule has 5 heteroatoms. The van der Waals surface area contributed by atoms with Crippen LogP contribution in [0.3, 0.4) is 0 Å². The molecule has 2 atom stereocenters. The summed E-state index contributed by atoms with van der Waals surface area (Å²) >= 11 is 0. The number of aromatic nitrogens is 3.